The second kappa shape index (κ2) is 5.14. The third kappa shape index (κ3) is 2.56. The van der Waals surface area contributed by atoms with Gasteiger partial charge in [-0.25, -0.2) is 0 Å². The highest BCUT2D eigenvalue weighted by Crippen LogP contribution is 2.18. The number of hydrogen-bond donors (Lipinski definition) is 0. The van der Waals surface area contributed by atoms with E-state index in [0.717, 1.165) is 0 Å². The summed E-state index contributed by atoms with van der Waals surface area (Å²) in [6.07, 6.45) is 0.688. The molecule has 15 heavy (non-hydrogen) atoms. The van der Waals surface area contributed by atoms with Crippen LogP contribution < -0.4 is 4.74 Å². The van der Waals surface area contributed by atoms with Gasteiger partial charge in [-0.05, 0) is 12.1 Å². The Kier molecular flexibility index (Phi) is 3.85. The van der Waals surface area contributed by atoms with Gasteiger partial charge in [0.1, 0.15) is 12.0 Å². The molecule has 0 radical (unpaired) electrons. The zero-order chi connectivity index (χ0) is 11.3. The molecule has 0 aromatic heterocycles. The monoisotopic (exact) mass is 207 g/mol. The van der Waals surface area contributed by atoms with Crippen LogP contribution in [0.5, 0.6) is 5.75 Å². The Morgan fingerprint density at radius 3 is 2.73 bits per heavy atom. The van der Waals surface area contributed by atoms with Gasteiger partial charge in [-0.1, -0.05) is 12.1 Å². The van der Waals surface area contributed by atoms with Gasteiger partial charge in [-0.2, -0.15) is 0 Å². The molecule has 0 saturated carbocycles. The molecule has 0 bridgehead atoms. The maximum atomic E-state index is 11.8. The largest absolute Gasteiger partial charge is 0.496 e. The maximum Gasteiger partial charge on any atom is 0.257 e. The number of aldehydes is 1. The standard InChI is InChI=1S/C11H13NO3/c1-12(7-8-13)11(14)9-5-3-4-6-10(9)15-2/h3-6,8H,7H2,1-2H3. The number of rotatable bonds is 4. The average Bonchev–Trinajstić information content (AvgIpc) is 2.28. The number of para-hydroxylation sites is 1. The number of benzene rings is 1. The Morgan fingerprint density at radius 2 is 2.13 bits per heavy atom. The number of carbonyl (C=O) groups is 2. The summed E-state index contributed by atoms with van der Waals surface area (Å²) in [7, 11) is 3.08. The number of amides is 1. The van der Waals surface area contributed by atoms with Gasteiger partial charge in [0.15, 0.2) is 0 Å². The molecule has 0 saturated heterocycles. The van der Waals surface area contributed by atoms with Crippen LogP contribution in [0.1, 0.15) is 10.4 Å². The minimum absolute atomic E-state index is 0.0802. The summed E-state index contributed by atoms with van der Waals surface area (Å²) in [5.41, 5.74) is 0.462. The first kappa shape index (κ1) is 11.2. The topological polar surface area (TPSA) is 46.6 Å². The molecule has 1 aromatic carbocycles. The predicted octanol–water partition coefficient (Wildman–Crippen LogP) is 0.966. The molecule has 0 heterocycles. The molecular weight excluding hydrogens is 194 g/mol. The van der Waals surface area contributed by atoms with Crippen molar-refractivity contribution in [2.45, 2.75) is 0 Å². The molecule has 0 fully saturated rings. The van der Waals surface area contributed by atoms with Crippen molar-refractivity contribution >= 4 is 12.2 Å². The lowest BCUT2D eigenvalue weighted by molar-refractivity contribution is -0.108. The lowest BCUT2D eigenvalue weighted by atomic mass is 10.2. The van der Waals surface area contributed by atoms with Crippen molar-refractivity contribution in [1.29, 1.82) is 0 Å². The summed E-state index contributed by atoms with van der Waals surface area (Å²) >= 11 is 0. The van der Waals surface area contributed by atoms with Gasteiger partial charge in [-0.15, -0.1) is 0 Å². The first-order chi connectivity index (χ1) is 7.20. The van der Waals surface area contributed by atoms with E-state index < -0.39 is 0 Å². The summed E-state index contributed by atoms with van der Waals surface area (Å²) in [6.45, 7) is 0.0802. The van der Waals surface area contributed by atoms with Crippen LogP contribution in [-0.2, 0) is 4.79 Å². The van der Waals surface area contributed by atoms with Crippen molar-refractivity contribution in [3.8, 4) is 5.75 Å². The lowest BCUT2D eigenvalue weighted by Crippen LogP contribution is -2.28. The summed E-state index contributed by atoms with van der Waals surface area (Å²) in [6, 6.07) is 6.92. The number of ether oxygens (including phenoxy) is 1. The van der Waals surface area contributed by atoms with Crippen LogP contribution in [0.15, 0.2) is 24.3 Å². The molecule has 0 aliphatic rings. The van der Waals surface area contributed by atoms with E-state index in [1.165, 1.54) is 12.0 Å². The second-order valence-electron chi connectivity index (χ2n) is 3.05. The predicted molar refractivity (Wildman–Crippen MR) is 56.0 cm³/mol. The zero-order valence-corrected chi connectivity index (χ0v) is 8.77. The molecular formula is C11H13NO3. The van der Waals surface area contributed by atoms with E-state index in [9.17, 15) is 9.59 Å². The van der Waals surface area contributed by atoms with E-state index in [2.05, 4.69) is 0 Å². The van der Waals surface area contributed by atoms with Crippen LogP contribution >= 0.6 is 0 Å². The van der Waals surface area contributed by atoms with Gasteiger partial charge in [0, 0.05) is 7.05 Å². The second-order valence-corrected chi connectivity index (χ2v) is 3.05. The molecule has 0 N–H and O–H groups in total. The minimum atomic E-state index is -0.223. The van der Waals surface area contributed by atoms with Gasteiger partial charge < -0.3 is 14.4 Å². The van der Waals surface area contributed by atoms with Crippen LogP contribution in [0, 0.1) is 0 Å². The van der Waals surface area contributed by atoms with E-state index in [0.29, 0.717) is 17.6 Å². The number of nitrogens with zero attached hydrogens (tertiary/aromatic N) is 1. The summed E-state index contributed by atoms with van der Waals surface area (Å²) in [4.78, 5) is 23.4. The zero-order valence-electron chi connectivity index (χ0n) is 8.77. The third-order valence-corrected chi connectivity index (χ3v) is 2.03. The molecule has 0 spiro atoms. The Bertz CT molecular complexity index is 363. The van der Waals surface area contributed by atoms with Crippen LogP contribution in [0.4, 0.5) is 0 Å². The number of hydrogen-bond acceptors (Lipinski definition) is 3. The molecule has 0 unspecified atom stereocenters. The summed E-state index contributed by atoms with van der Waals surface area (Å²) in [5, 5.41) is 0. The fraction of sp³-hybridized carbons (Fsp3) is 0.273. The molecule has 1 rings (SSSR count). The Morgan fingerprint density at radius 1 is 1.47 bits per heavy atom. The highest BCUT2D eigenvalue weighted by molar-refractivity contribution is 5.97. The van der Waals surface area contributed by atoms with Crippen LogP contribution in [0.25, 0.3) is 0 Å². The van der Waals surface area contributed by atoms with Crippen LogP contribution in [-0.4, -0.2) is 37.8 Å². The smallest absolute Gasteiger partial charge is 0.257 e. The lowest BCUT2D eigenvalue weighted by Gasteiger charge is -2.15. The minimum Gasteiger partial charge on any atom is -0.496 e. The highest BCUT2D eigenvalue weighted by atomic mass is 16.5. The fourth-order valence-electron chi connectivity index (χ4n) is 1.22. The normalized spacial score (nSPS) is 9.47. The first-order valence-corrected chi connectivity index (χ1v) is 4.52. The number of likely N-dealkylation sites (N-methyl/N-ethyl adjacent to an activating group) is 1. The number of methoxy groups -OCH3 is 1. The van der Waals surface area contributed by atoms with Crippen molar-refractivity contribution in [3.63, 3.8) is 0 Å². The Hall–Kier alpha value is -1.84. The summed E-state index contributed by atoms with van der Waals surface area (Å²) < 4.78 is 5.06. The highest BCUT2D eigenvalue weighted by Gasteiger charge is 2.14. The fourth-order valence-corrected chi connectivity index (χ4v) is 1.22. The quantitative estimate of drug-likeness (QED) is 0.691. The Balaban J connectivity index is 2.94. The van der Waals surface area contributed by atoms with E-state index in [1.54, 1.807) is 31.3 Å². The van der Waals surface area contributed by atoms with Gasteiger partial charge in [0.05, 0.1) is 19.2 Å². The van der Waals surface area contributed by atoms with Crippen molar-refractivity contribution in [2.24, 2.45) is 0 Å². The third-order valence-electron chi connectivity index (χ3n) is 2.03. The Labute approximate surface area is 88.5 Å². The SMILES string of the molecule is COc1ccccc1C(=O)N(C)CC=O. The molecule has 4 nitrogen and oxygen atoms in total. The van der Waals surface area contributed by atoms with Gasteiger partial charge >= 0.3 is 0 Å². The first-order valence-electron chi connectivity index (χ1n) is 4.52. The van der Waals surface area contributed by atoms with Gasteiger partial charge in [-0.3, -0.25) is 4.79 Å². The summed E-state index contributed by atoms with van der Waals surface area (Å²) in [5.74, 6) is 0.291. The van der Waals surface area contributed by atoms with Crippen molar-refractivity contribution in [3.05, 3.63) is 29.8 Å². The van der Waals surface area contributed by atoms with E-state index in [4.69, 9.17) is 4.74 Å². The van der Waals surface area contributed by atoms with Crippen LogP contribution in [0.2, 0.25) is 0 Å². The van der Waals surface area contributed by atoms with E-state index in [1.807, 2.05) is 0 Å². The maximum absolute atomic E-state index is 11.8. The van der Waals surface area contributed by atoms with Crippen LogP contribution in [0.3, 0.4) is 0 Å². The van der Waals surface area contributed by atoms with Gasteiger partial charge in [0.2, 0.25) is 0 Å². The molecule has 0 atom stereocenters. The molecule has 0 aliphatic carbocycles. The average molecular weight is 207 g/mol. The van der Waals surface area contributed by atoms with Crippen molar-refractivity contribution < 1.29 is 14.3 Å². The molecule has 1 amide bonds. The molecule has 0 aliphatic heterocycles. The molecule has 80 valence electrons. The van der Waals surface area contributed by atoms with E-state index in [-0.39, 0.29) is 12.5 Å². The van der Waals surface area contributed by atoms with Crippen molar-refractivity contribution in [1.82, 2.24) is 4.90 Å². The molecule has 1 aromatic rings. The molecule has 4 heteroatoms. The van der Waals surface area contributed by atoms with E-state index >= 15 is 0 Å². The number of carbonyl (C=O) groups excluding carboxylic acids is 2. The van der Waals surface area contributed by atoms with Gasteiger partial charge in [0.25, 0.3) is 5.91 Å². The van der Waals surface area contributed by atoms with Crippen molar-refractivity contribution in [2.75, 3.05) is 20.7 Å².